The predicted octanol–water partition coefficient (Wildman–Crippen LogP) is 2.98. The molecule has 0 bridgehead atoms. The third kappa shape index (κ3) is 5.60. The summed E-state index contributed by atoms with van der Waals surface area (Å²) in [6.45, 7) is 1.08. The lowest BCUT2D eigenvalue weighted by atomic mass is 10.1. The van der Waals surface area contributed by atoms with Gasteiger partial charge in [-0.25, -0.2) is 4.98 Å². The second-order valence-corrected chi connectivity index (χ2v) is 6.30. The molecule has 29 heavy (non-hydrogen) atoms. The molecule has 2 aromatic rings. The van der Waals surface area contributed by atoms with E-state index >= 15 is 0 Å². The van der Waals surface area contributed by atoms with E-state index < -0.39 is 10.8 Å². The van der Waals surface area contributed by atoms with Gasteiger partial charge in [0.25, 0.3) is 11.6 Å². The maximum Gasteiger partial charge on any atom is 0.287 e. The van der Waals surface area contributed by atoms with Crippen LogP contribution >= 0.6 is 0 Å². The number of hydrogen-bond acceptors (Lipinski definition) is 7. The highest BCUT2D eigenvalue weighted by atomic mass is 16.6. The average molecular weight is 394 g/mol. The number of hydrogen-bond donors (Lipinski definition) is 1. The number of nitrogens with zero attached hydrogens (tertiary/aromatic N) is 3. The molecule has 1 aromatic carbocycles. The molecule has 1 N–H and O–H groups in total. The summed E-state index contributed by atoms with van der Waals surface area (Å²) in [5.41, 5.74) is 0.520. The summed E-state index contributed by atoms with van der Waals surface area (Å²) in [5, 5.41) is 22.6. The van der Waals surface area contributed by atoms with Gasteiger partial charge in [0.1, 0.15) is 23.6 Å². The molecular formula is C20H18N4O5. The van der Waals surface area contributed by atoms with Gasteiger partial charge in [-0.15, -0.1) is 0 Å². The van der Waals surface area contributed by atoms with E-state index in [1.54, 1.807) is 24.3 Å². The minimum absolute atomic E-state index is 0.00311. The fraction of sp³-hybridized carbons (Fsp3) is 0.250. The van der Waals surface area contributed by atoms with E-state index in [0.717, 1.165) is 19.0 Å². The molecule has 0 spiro atoms. The molecule has 1 aliphatic heterocycles. The molecule has 1 atom stereocenters. The molecule has 0 saturated carbocycles. The van der Waals surface area contributed by atoms with E-state index in [1.807, 2.05) is 6.07 Å². The topological polar surface area (TPSA) is 127 Å². The van der Waals surface area contributed by atoms with Gasteiger partial charge >= 0.3 is 0 Å². The Labute approximate surface area is 166 Å². The first-order valence-electron chi connectivity index (χ1n) is 8.95. The summed E-state index contributed by atoms with van der Waals surface area (Å²) in [4.78, 5) is 26.2. The minimum Gasteiger partial charge on any atom is -0.439 e. The van der Waals surface area contributed by atoms with Crippen LogP contribution in [0.1, 0.15) is 18.4 Å². The molecule has 9 heteroatoms. The fourth-order valence-corrected chi connectivity index (χ4v) is 2.72. The zero-order valence-electron chi connectivity index (χ0n) is 15.4. The van der Waals surface area contributed by atoms with Crippen molar-refractivity contribution < 1.29 is 19.2 Å². The van der Waals surface area contributed by atoms with Gasteiger partial charge in [0.2, 0.25) is 5.88 Å². The number of ether oxygens (including phenoxy) is 2. The van der Waals surface area contributed by atoms with Crippen LogP contribution in [0, 0.1) is 21.4 Å². The highest BCUT2D eigenvalue weighted by Gasteiger charge is 2.17. The molecule has 1 saturated heterocycles. The molecular weight excluding hydrogens is 376 g/mol. The van der Waals surface area contributed by atoms with Crippen LogP contribution in [0.15, 0.2) is 48.2 Å². The molecule has 0 radical (unpaired) electrons. The summed E-state index contributed by atoms with van der Waals surface area (Å²) < 4.78 is 11.0. The van der Waals surface area contributed by atoms with Gasteiger partial charge in [-0.3, -0.25) is 14.9 Å². The van der Waals surface area contributed by atoms with Crippen molar-refractivity contribution in [3.05, 3.63) is 63.8 Å². The zero-order chi connectivity index (χ0) is 20.6. The molecule has 1 fully saturated rings. The van der Waals surface area contributed by atoms with E-state index in [9.17, 15) is 20.2 Å². The Balaban J connectivity index is 1.60. The fourth-order valence-electron chi connectivity index (χ4n) is 2.72. The Kier molecular flexibility index (Phi) is 6.50. The zero-order valence-corrected chi connectivity index (χ0v) is 15.4. The van der Waals surface area contributed by atoms with Gasteiger partial charge in [0.15, 0.2) is 0 Å². The van der Waals surface area contributed by atoms with Crippen LogP contribution in [0.4, 0.5) is 5.69 Å². The van der Waals surface area contributed by atoms with Crippen molar-refractivity contribution in [1.82, 2.24) is 10.3 Å². The van der Waals surface area contributed by atoms with Crippen molar-refractivity contribution in [3.63, 3.8) is 0 Å². The van der Waals surface area contributed by atoms with Gasteiger partial charge < -0.3 is 14.8 Å². The molecule has 1 amide bonds. The Morgan fingerprint density at radius 2 is 2.17 bits per heavy atom. The highest BCUT2D eigenvalue weighted by molar-refractivity contribution is 6.01. The number of aromatic nitrogens is 1. The summed E-state index contributed by atoms with van der Waals surface area (Å²) in [7, 11) is 0. The Morgan fingerprint density at radius 3 is 2.76 bits per heavy atom. The third-order valence-electron chi connectivity index (χ3n) is 4.22. The average Bonchev–Trinajstić information content (AvgIpc) is 3.25. The van der Waals surface area contributed by atoms with Crippen LogP contribution in [-0.2, 0) is 9.53 Å². The van der Waals surface area contributed by atoms with E-state index in [4.69, 9.17) is 9.47 Å². The normalized spacial score (nSPS) is 16.1. The molecule has 9 nitrogen and oxygen atoms in total. The van der Waals surface area contributed by atoms with Gasteiger partial charge in [-0.2, -0.15) is 5.26 Å². The first kappa shape index (κ1) is 20.0. The van der Waals surface area contributed by atoms with Crippen LogP contribution in [0.25, 0.3) is 6.08 Å². The number of carbonyl (C=O) groups excluding carboxylic acids is 1. The number of benzene rings is 1. The second kappa shape index (κ2) is 9.43. The first-order chi connectivity index (χ1) is 14.0. The lowest BCUT2D eigenvalue weighted by Crippen LogP contribution is -2.32. The minimum atomic E-state index is -0.540. The maximum absolute atomic E-state index is 12.2. The first-order valence-corrected chi connectivity index (χ1v) is 8.95. The van der Waals surface area contributed by atoms with Crippen molar-refractivity contribution in [2.24, 2.45) is 0 Å². The van der Waals surface area contributed by atoms with Crippen molar-refractivity contribution >= 4 is 17.7 Å². The Morgan fingerprint density at radius 1 is 1.38 bits per heavy atom. The number of amides is 1. The quantitative estimate of drug-likeness (QED) is 0.331. The van der Waals surface area contributed by atoms with Gasteiger partial charge in [0.05, 0.1) is 11.0 Å². The number of carbonyl (C=O) groups is 1. The maximum atomic E-state index is 12.2. The van der Waals surface area contributed by atoms with Crippen LogP contribution in [0.3, 0.4) is 0 Å². The van der Waals surface area contributed by atoms with Crippen LogP contribution < -0.4 is 10.1 Å². The van der Waals surface area contributed by atoms with E-state index in [0.29, 0.717) is 24.5 Å². The molecule has 1 aromatic heterocycles. The summed E-state index contributed by atoms with van der Waals surface area (Å²) >= 11 is 0. The lowest BCUT2D eigenvalue weighted by molar-refractivity contribution is -0.385. The Hall–Kier alpha value is -3.77. The molecule has 148 valence electrons. The smallest absolute Gasteiger partial charge is 0.287 e. The monoisotopic (exact) mass is 394 g/mol. The molecule has 2 heterocycles. The second-order valence-electron chi connectivity index (χ2n) is 6.30. The number of nitriles is 1. The number of rotatable bonds is 7. The lowest BCUT2D eigenvalue weighted by Gasteiger charge is -2.10. The number of nitrogens with one attached hydrogen (secondary N) is 1. The van der Waals surface area contributed by atoms with Gasteiger partial charge in [-0.05, 0) is 36.6 Å². The predicted molar refractivity (Wildman–Crippen MR) is 103 cm³/mol. The van der Waals surface area contributed by atoms with Crippen molar-refractivity contribution in [2.45, 2.75) is 18.9 Å². The van der Waals surface area contributed by atoms with Crippen molar-refractivity contribution in [3.8, 4) is 17.7 Å². The van der Waals surface area contributed by atoms with Gasteiger partial charge in [-0.1, -0.05) is 12.1 Å². The van der Waals surface area contributed by atoms with Crippen LogP contribution in [0.5, 0.6) is 11.6 Å². The molecule has 3 rings (SSSR count). The van der Waals surface area contributed by atoms with E-state index in [1.165, 1.54) is 18.2 Å². The van der Waals surface area contributed by atoms with Crippen molar-refractivity contribution in [1.29, 1.82) is 5.26 Å². The largest absolute Gasteiger partial charge is 0.439 e. The SMILES string of the molecule is N#C/C(=C\c1ccc(Oc2ccc([N+](=O)[O-])cn2)cc1)C(=O)NC[C@@H]1CCCO1. The van der Waals surface area contributed by atoms with E-state index in [2.05, 4.69) is 10.3 Å². The highest BCUT2D eigenvalue weighted by Crippen LogP contribution is 2.22. The van der Waals surface area contributed by atoms with Crippen LogP contribution in [-0.4, -0.2) is 35.1 Å². The molecule has 0 unspecified atom stereocenters. The Bertz CT molecular complexity index is 942. The van der Waals surface area contributed by atoms with Crippen molar-refractivity contribution in [2.75, 3.05) is 13.2 Å². The third-order valence-corrected chi connectivity index (χ3v) is 4.22. The summed E-state index contributed by atoms with van der Waals surface area (Å²) in [6.07, 6.45) is 4.48. The van der Waals surface area contributed by atoms with E-state index in [-0.39, 0.29) is 23.2 Å². The summed E-state index contributed by atoms with van der Waals surface area (Å²) in [6, 6.07) is 11.3. The molecule has 0 aliphatic carbocycles. The standard InChI is InChI=1S/C20H18N4O5/c21-11-15(20(25)23-13-18-2-1-9-28-18)10-14-3-6-17(7-4-14)29-19-8-5-16(12-22-19)24(26)27/h3-8,10,12,18H,1-2,9,13H2,(H,23,25)/b15-10+/t18-/m0/s1. The molecule has 1 aliphatic rings. The van der Waals surface area contributed by atoms with Gasteiger partial charge in [0, 0.05) is 25.3 Å². The van der Waals surface area contributed by atoms with Crippen LogP contribution in [0.2, 0.25) is 0 Å². The summed E-state index contributed by atoms with van der Waals surface area (Å²) in [5.74, 6) is 0.230. The number of pyridine rings is 1. The number of nitro groups is 1.